The zero-order chi connectivity index (χ0) is 20.2. The SMILES string of the molecule is CCC1(CC)NC(=O)N(CC(=O)OCC(=O)Nc2c(F)cccc2F)C1=O. The van der Waals surface area contributed by atoms with Crippen LogP contribution in [0.5, 0.6) is 0 Å². The molecule has 0 unspecified atom stereocenters. The van der Waals surface area contributed by atoms with Crippen molar-refractivity contribution in [2.24, 2.45) is 0 Å². The number of rotatable bonds is 7. The minimum atomic E-state index is -1.06. The van der Waals surface area contributed by atoms with Crippen molar-refractivity contribution in [2.45, 2.75) is 32.2 Å². The van der Waals surface area contributed by atoms with E-state index < -0.39 is 59.8 Å². The van der Waals surface area contributed by atoms with Crippen LogP contribution in [-0.2, 0) is 19.1 Å². The number of nitrogens with one attached hydrogen (secondary N) is 2. The maximum absolute atomic E-state index is 13.5. The number of carbonyl (C=O) groups excluding carboxylic acids is 4. The monoisotopic (exact) mass is 383 g/mol. The Hall–Kier alpha value is -3.04. The molecule has 2 N–H and O–H groups in total. The molecule has 8 nitrogen and oxygen atoms in total. The van der Waals surface area contributed by atoms with Crippen LogP contribution in [0, 0.1) is 11.6 Å². The van der Waals surface area contributed by atoms with E-state index in [0.29, 0.717) is 17.7 Å². The molecule has 0 radical (unpaired) electrons. The number of esters is 1. The maximum atomic E-state index is 13.5. The second-order valence-corrected chi connectivity index (χ2v) is 5.92. The third kappa shape index (κ3) is 4.21. The molecular weight excluding hydrogens is 364 g/mol. The summed E-state index contributed by atoms with van der Waals surface area (Å²) >= 11 is 0. The van der Waals surface area contributed by atoms with E-state index in [-0.39, 0.29) is 0 Å². The van der Waals surface area contributed by atoms with Crippen molar-refractivity contribution in [3.63, 3.8) is 0 Å². The fourth-order valence-corrected chi connectivity index (χ4v) is 2.66. The molecule has 27 heavy (non-hydrogen) atoms. The van der Waals surface area contributed by atoms with Crippen LogP contribution >= 0.6 is 0 Å². The van der Waals surface area contributed by atoms with Gasteiger partial charge in [-0.15, -0.1) is 0 Å². The number of benzene rings is 1. The van der Waals surface area contributed by atoms with E-state index >= 15 is 0 Å². The van der Waals surface area contributed by atoms with E-state index in [4.69, 9.17) is 0 Å². The fourth-order valence-electron chi connectivity index (χ4n) is 2.66. The summed E-state index contributed by atoms with van der Waals surface area (Å²) in [6.45, 7) is 1.96. The van der Waals surface area contributed by atoms with Crippen molar-refractivity contribution in [2.75, 3.05) is 18.5 Å². The highest BCUT2D eigenvalue weighted by atomic mass is 19.1. The molecule has 1 fully saturated rings. The van der Waals surface area contributed by atoms with E-state index in [1.165, 1.54) is 0 Å². The van der Waals surface area contributed by atoms with Crippen molar-refractivity contribution < 1.29 is 32.7 Å². The van der Waals surface area contributed by atoms with E-state index in [2.05, 4.69) is 10.1 Å². The number of halogens is 2. The highest BCUT2D eigenvalue weighted by molar-refractivity contribution is 6.08. The van der Waals surface area contributed by atoms with Gasteiger partial charge in [-0.2, -0.15) is 0 Å². The summed E-state index contributed by atoms with van der Waals surface area (Å²) in [7, 11) is 0. The Morgan fingerprint density at radius 3 is 2.30 bits per heavy atom. The van der Waals surface area contributed by atoms with Gasteiger partial charge in [0.25, 0.3) is 11.8 Å². The number of urea groups is 1. The normalized spacial score (nSPS) is 15.5. The van der Waals surface area contributed by atoms with Gasteiger partial charge in [0.1, 0.15) is 29.4 Å². The van der Waals surface area contributed by atoms with E-state index in [0.717, 1.165) is 18.2 Å². The van der Waals surface area contributed by atoms with Gasteiger partial charge < -0.3 is 15.4 Å². The molecule has 0 spiro atoms. The lowest BCUT2D eigenvalue weighted by atomic mass is 9.93. The predicted molar refractivity (Wildman–Crippen MR) is 89.5 cm³/mol. The lowest BCUT2D eigenvalue weighted by Gasteiger charge is -2.22. The van der Waals surface area contributed by atoms with Crippen LogP contribution in [-0.4, -0.2) is 47.4 Å². The van der Waals surface area contributed by atoms with Crippen molar-refractivity contribution >= 4 is 29.5 Å². The highest BCUT2D eigenvalue weighted by Gasteiger charge is 2.49. The average Bonchev–Trinajstić information content (AvgIpc) is 2.88. The Labute approximate surface area is 153 Å². The number of imide groups is 1. The smallest absolute Gasteiger partial charge is 0.326 e. The lowest BCUT2D eigenvalue weighted by molar-refractivity contribution is -0.150. The third-order valence-electron chi connectivity index (χ3n) is 4.33. The molecule has 146 valence electrons. The van der Waals surface area contributed by atoms with Crippen LogP contribution in [0.2, 0.25) is 0 Å². The molecule has 0 aliphatic carbocycles. The van der Waals surface area contributed by atoms with Crippen LogP contribution in [0.1, 0.15) is 26.7 Å². The quantitative estimate of drug-likeness (QED) is 0.549. The Bertz CT molecular complexity index is 760. The molecule has 1 aliphatic heterocycles. The van der Waals surface area contributed by atoms with Gasteiger partial charge in [-0.25, -0.2) is 13.6 Å². The summed E-state index contributed by atoms with van der Waals surface area (Å²) in [5, 5.41) is 4.50. The number of para-hydroxylation sites is 1. The molecule has 10 heteroatoms. The maximum Gasteiger partial charge on any atom is 0.326 e. The summed E-state index contributed by atoms with van der Waals surface area (Å²) in [5.41, 5.74) is -1.72. The summed E-state index contributed by atoms with van der Waals surface area (Å²) in [6.07, 6.45) is 0.715. The number of hydrogen-bond acceptors (Lipinski definition) is 5. The number of anilines is 1. The molecule has 4 amide bonds. The summed E-state index contributed by atoms with van der Waals surface area (Å²) in [5.74, 6) is -4.49. The van der Waals surface area contributed by atoms with Gasteiger partial charge in [0.2, 0.25) is 0 Å². The van der Waals surface area contributed by atoms with Gasteiger partial charge in [0.05, 0.1) is 0 Å². The van der Waals surface area contributed by atoms with Gasteiger partial charge in [0, 0.05) is 0 Å². The van der Waals surface area contributed by atoms with Crippen molar-refractivity contribution in [1.82, 2.24) is 10.2 Å². The standard InChI is InChI=1S/C17H19F2N3O5/c1-3-17(4-2)15(25)22(16(26)21-17)8-13(24)27-9-12(23)20-14-10(18)6-5-7-11(14)19/h5-7H,3-4,8-9H2,1-2H3,(H,20,23)(H,21,26). The highest BCUT2D eigenvalue weighted by Crippen LogP contribution is 2.24. The molecular formula is C17H19F2N3O5. The van der Waals surface area contributed by atoms with Crippen LogP contribution < -0.4 is 10.6 Å². The lowest BCUT2D eigenvalue weighted by Crippen LogP contribution is -2.46. The molecule has 1 aromatic rings. The molecule has 0 saturated carbocycles. The first-order valence-corrected chi connectivity index (χ1v) is 8.27. The predicted octanol–water partition coefficient (Wildman–Crippen LogP) is 1.56. The number of hydrogen-bond donors (Lipinski definition) is 2. The topological polar surface area (TPSA) is 105 Å². The molecule has 1 aromatic carbocycles. The molecule has 1 heterocycles. The average molecular weight is 383 g/mol. The largest absolute Gasteiger partial charge is 0.454 e. The third-order valence-corrected chi connectivity index (χ3v) is 4.33. The number of amides is 4. The molecule has 0 atom stereocenters. The Morgan fingerprint density at radius 2 is 1.78 bits per heavy atom. The minimum absolute atomic E-state index is 0.357. The molecule has 0 bridgehead atoms. The Morgan fingerprint density at radius 1 is 1.19 bits per heavy atom. The van der Waals surface area contributed by atoms with Crippen molar-refractivity contribution in [1.29, 1.82) is 0 Å². The zero-order valence-electron chi connectivity index (χ0n) is 14.8. The zero-order valence-corrected chi connectivity index (χ0v) is 14.8. The van der Waals surface area contributed by atoms with E-state index in [1.807, 2.05) is 5.32 Å². The number of nitrogens with zero attached hydrogens (tertiary/aromatic N) is 1. The van der Waals surface area contributed by atoms with Gasteiger partial charge in [-0.1, -0.05) is 19.9 Å². The molecule has 2 rings (SSSR count). The van der Waals surface area contributed by atoms with E-state index in [1.54, 1.807) is 13.8 Å². The first-order chi connectivity index (χ1) is 12.7. The fraction of sp³-hybridized carbons (Fsp3) is 0.412. The summed E-state index contributed by atoms with van der Waals surface area (Å²) in [6, 6.07) is 2.32. The second-order valence-electron chi connectivity index (χ2n) is 5.92. The van der Waals surface area contributed by atoms with Crippen LogP contribution in [0.3, 0.4) is 0 Å². The van der Waals surface area contributed by atoms with Gasteiger partial charge in [0.15, 0.2) is 6.61 Å². The van der Waals surface area contributed by atoms with Crippen molar-refractivity contribution in [3.8, 4) is 0 Å². The van der Waals surface area contributed by atoms with Gasteiger partial charge in [-0.3, -0.25) is 19.3 Å². The van der Waals surface area contributed by atoms with E-state index in [9.17, 15) is 28.0 Å². The number of ether oxygens (including phenoxy) is 1. The first-order valence-electron chi connectivity index (χ1n) is 8.27. The summed E-state index contributed by atoms with van der Waals surface area (Å²) < 4.78 is 31.6. The molecule has 1 aliphatic rings. The summed E-state index contributed by atoms with van der Waals surface area (Å²) in [4.78, 5) is 48.6. The first kappa shape index (κ1) is 20.3. The molecule has 1 saturated heterocycles. The van der Waals surface area contributed by atoms with Crippen molar-refractivity contribution in [3.05, 3.63) is 29.8 Å². The van der Waals surface area contributed by atoms with Gasteiger partial charge in [-0.05, 0) is 25.0 Å². The molecule has 0 aromatic heterocycles. The Kier molecular flexibility index (Phi) is 6.09. The van der Waals surface area contributed by atoms with Crippen LogP contribution in [0.4, 0.5) is 19.3 Å². The van der Waals surface area contributed by atoms with Crippen LogP contribution in [0.25, 0.3) is 0 Å². The second kappa shape index (κ2) is 8.11. The minimum Gasteiger partial charge on any atom is -0.454 e. The number of carbonyl (C=O) groups is 4. The van der Waals surface area contributed by atoms with Gasteiger partial charge >= 0.3 is 12.0 Å². The Balaban J connectivity index is 1.90. The van der Waals surface area contributed by atoms with Crippen LogP contribution in [0.15, 0.2) is 18.2 Å².